The third kappa shape index (κ3) is 3.76. The Bertz CT molecular complexity index is 215. The second-order valence-corrected chi connectivity index (χ2v) is 4.57. The molecule has 0 aliphatic heterocycles. The van der Waals surface area contributed by atoms with Crippen LogP contribution in [0.1, 0.15) is 32.1 Å². The zero-order valence-electron chi connectivity index (χ0n) is 10.7. The van der Waals surface area contributed by atoms with Gasteiger partial charge in [0.2, 0.25) is 0 Å². The van der Waals surface area contributed by atoms with Crippen LogP contribution in [0.15, 0.2) is 0 Å². The Labute approximate surface area is 98.3 Å². The summed E-state index contributed by atoms with van der Waals surface area (Å²) in [6.07, 6.45) is 6.12. The van der Waals surface area contributed by atoms with E-state index < -0.39 is 0 Å². The van der Waals surface area contributed by atoms with E-state index >= 15 is 0 Å². The highest BCUT2D eigenvalue weighted by Crippen LogP contribution is 2.22. The minimum atomic E-state index is -0.172. The first-order chi connectivity index (χ1) is 7.69. The summed E-state index contributed by atoms with van der Waals surface area (Å²) in [5, 5.41) is 3.00. The Balaban J connectivity index is 2.28. The van der Waals surface area contributed by atoms with Crippen molar-refractivity contribution >= 4 is 5.97 Å². The van der Waals surface area contributed by atoms with Gasteiger partial charge in [-0.1, -0.05) is 12.8 Å². The number of nitrogens with one attached hydrogen (secondary N) is 1. The lowest BCUT2D eigenvalue weighted by atomic mass is 10.1. The van der Waals surface area contributed by atoms with Crippen LogP contribution in [0, 0.1) is 0 Å². The third-order valence-corrected chi connectivity index (χ3v) is 3.55. The van der Waals surface area contributed by atoms with Crippen LogP contribution in [0.3, 0.4) is 0 Å². The van der Waals surface area contributed by atoms with Crippen molar-refractivity contribution in [1.82, 2.24) is 10.2 Å². The standard InChI is InChI=1S/C12H24N2O2/c1-13-11(12(15)16-3)8-9-14(2)10-6-4-5-7-10/h10-11,13H,4-9H2,1-3H3. The molecular weight excluding hydrogens is 204 g/mol. The second kappa shape index (κ2) is 6.86. The summed E-state index contributed by atoms with van der Waals surface area (Å²) >= 11 is 0. The van der Waals surface area contributed by atoms with E-state index in [0.717, 1.165) is 19.0 Å². The number of methoxy groups -OCH3 is 1. The number of nitrogens with zero attached hydrogens (tertiary/aromatic N) is 1. The summed E-state index contributed by atoms with van der Waals surface area (Å²) in [6, 6.07) is 0.545. The molecule has 0 aromatic rings. The van der Waals surface area contributed by atoms with Gasteiger partial charge in [-0.2, -0.15) is 0 Å². The van der Waals surface area contributed by atoms with E-state index in [1.54, 1.807) is 7.05 Å². The fourth-order valence-electron chi connectivity index (χ4n) is 2.38. The number of hydrogen-bond acceptors (Lipinski definition) is 4. The first-order valence-electron chi connectivity index (χ1n) is 6.14. The van der Waals surface area contributed by atoms with Crippen LogP contribution in [0.2, 0.25) is 0 Å². The maximum atomic E-state index is 11.4. The van der Waals surface area contributed by atoms with E-state index in [0.29, 0.717) is 0 Å². The first-order valence-corrected chi connectivity index (χ1v) is 6.14. The van der Waals surface area contributed by atoms with Gasteiger partial charge in [-0.15, -0.1) is 0 Å². The Hall–Kier alpha value is -0.610. The predicted molar refractivity (Wildman–Crippen MR) is 64.4 cm³/mol. The van der Waals surface area contributed by atoms with E-state index in [-0.39, 0.29) is 12.0 Å². The normalized spacial score (nSPS) is 19.0. The largest absolute Gasteiger partial charge is 0.468 e. The van der Waals surface area contributed by atoms with E-state index in [9.17, 15) is 4.79 Å². The summed E-state index contributed by atoms with van der Waals surface area (Å²) in [5.41, 5.74) is 0. The molecule has 16 heavy (non-hydrogen) atoms. The van der Waals surface area contributed by atoms with Gasteiger partial charge in [-0.3, -0.25) is 4.79 Å². The molecule has 4 heteroatoms. The predicted octanol–water partition coefficient (Wildman–Crippen LogP) is 1.01. The van der Waals surface area contributed by atoms with E-state index in [4.69, 9.17) is 4.74 Å². The quantitative estimate of drug-likeness (QED) is 0.689. The Morgan fingerprint density at radius 2 is 2.12 bits per heavy atom. The van der Waals surface area contributed by atoms with Crippen molar-refractivity contribution in [3.63, 3.8) is 0 Å². The molecule has 0 aromatic carbocycles. The highest BCUT2D eigenvalue weighted by molar-refractivity contribution is 5.75. The molecule has 0 aromatic heterocycles. The summed E-state index contributed by atoms with van der Waals surface area (Å²) < 4.78 is 4.74. The van der Waals surface area contributed by atoms with Crippen LogP contribution < -0.4 is 5.32 Å². The van der Waals surface area contributed by atoms with Crippen molar-refractivity contribution < 1.29 is 9.53 Å². The summed E-state index contributed by atoms with van der Waals surface area (Å²) in [4.78, 5) is 13.7. The third-order valence-electron chi connectivity index (χ3n) is 3.55. The van der Waals surface area contributed by atoms with E-state index in [1.807, 2.05) is 0 Å². The Kier molecular flexibility index (Phi) is 5.77. The molecule has 1 saturated carbocycles. The number of hydrogen-bond donors (Lipinski definition) is 1. The molecule has 0 amide bonds. The molecule has 94 valence electrons. The summed E-state index contributed by atoms with van der Waals surface area (Å²) in [5.74, 6) is -0.165. The molecule has 1 unspecified atom stereocenters. The first kappa shape index (κ1) is 13.5. The Morgan fingerprint density at radius 3 is 2.62 bits per heavy atom. The van der Waals surface area contributed by atoms with Crippen LogP contribution in [0.4, 0.5) is 0 Å². The molecule has 0 spiro atoms. The van der Waals surface area contributed by atoms with Gasteiger partial charge < -0.3 is 15.0 Å². The Morgan fingerprint density at radius 1 is 1.50 bits per heavy atom. The van der Waals surface area contributed by atoms with Gasteiger partial charge in [0, 0.05) is 12.6 Å². The van der Waals surface area contributed by atoms with E-state index in [2.05, 4.69) is 17.3 Å². The molecule has 0 bridgehead atoms. The topological polar surface area (TPSA) is 41.6 Å². The SMILES string of the molecule is CNC(CCN(C)C1CCCC1)C(=O)OC. The zero-order chi connectivity index (χ0) is 12.0. The van der Waals surface area contributed by atoms with Gasteiger partial charge >= 0.3 is 5.97 Å². The fraction of sp³-hybridized carbons (Fsp3) is 0.917. The molecule has 0 radical (unpaired) electrons. The molecule has 0 heterocycles. The highest BCUT2D eigenvalue weighted by atomic mass is 16.5. The molecule has 1 rings (SSSR count). The van der Waals surface area contributed by atoms with Gasteiger partial charge in [0.1, 0.15) is 6.04 Å². The van der Waals surface area contributed by atoms with E-state index in [1.165, 1.54) is 32.8 Å². The van der Waals surface area contributed by atoms with Crippen molar-refractivity contribution in [1.29, 1.82) is 0 Å². The fourth-order valence-corrected chi connectivity index (χ4v) is 2.38. The van der Waals surface area contributed by atoms with Crippen LogP contribution in [-0.4, -0.2) is 50.7 Å². The molecule has 1 aliphatic carbocycles. The van der Waals surface area contributed by atoms with Gasteiger partial charge in [0.15, 0.2) is 0 Å². The number of rotatable bonds is 6. The number of carbonyl (C=O) groups excluding carboxylic acids is 1. The van der Waals surface area contributed by atoms with Crippen molar-refractivity contribution in [3.8, 4) is 0 Å². The van der Waals surface area contributed by atoms with Crippen molar-refractivity contribution in [2.75, 3.05) is 27.7 Å². The lowest BCUT2D eigenvalue weighted by Gasteiger charge is -2.25. The van der Waals surface area contributed by atoms with Gasteiger partial charge in [-0.25, -0.2) is 0 Å². The average Bonchev–Trinajstić information content (AvgIpc) is 2.82. The number of carbonyl (C=O) groups is 1. The number of ether oxygens (including phenoxy) is 1. The highest BCUT2D eigenvalue weighted by Gasteiger charge is 2.22. The van der Waals surface area contributed by atoms with Crippen molar-refractivity contribution in [3.05, 3.63) is 0 Å². The lowest BCUT2D eigenvalue weighted by Crippen LogP contribution is -2.39. The molecule has 0 saturated heterocycles. The molecule has 1 N–H and O–H groups in total. The number of likely N-dealkylation sites (N-methyl/N-ethyl adjacent to an activating group) is 1. The minimum absolute atomic E-state index is 0.165. The molecular formula is C12H24N2O2. The molecule has 1 fully saturated rings. The van der Waals surface area contributed by atoms with Crippen LogP contribution in [0.25, 0.3) is 0 Å². The smallest absolute Gasteiger partial charge is 0.322 e. The summed E-state index contributed by atoms with van der Waals surface area (Å²) in [6.45, 7) is 0.950. The van der Waals surface area contributed by atoms with Gasteiger partial charge in [-0.05, 0) is 33.4 Å². The van der Waals surface area contributed by atoms with Crippen molar-refractivity contribution in [2.24, 2.45) is 0 Å². The van der Waals surface area contributed by atoms with Crippen LogP contribution in [0.5, 0.6) is 0 Å². The monoisotopic (exact) mass is 228 g/mol. The minimum Gasteiger partial charge on any atom is -0.468 e. The number of esters is 1. The molecule has 4 nitrogen and oxygen atoms in total. The van der Waals surface area contributed by atoms with Crippen LogP contribution >= 0.6 is 0 Å². The zero-order valence-corrected chi connectivity index (χ0v) is 10.7. The molecule has 1 atom stereocenters. The molecule has 1 aliphatic rings. The van der Waals surface area contributed by atoms with Gasteiger partial charge in [0.25, 0.3) is 0 Å². The second-order valence-electron chi connectivity index (χ2n) is 4.57. The average molecular weight is 228 g/mol. The summed E-state index contributed by atoms with van der Waals surface area (Å²) in [7, 11) is 5.39. The van der Waals surface area contributed by atoms with Crippen molar-refractivity contribution in [2.45, 2.75) is 44.2 Å². The van der Waals surface area contributed by atoms with Gasteiger partial charge in [0.05, 0.1) is 7.11 Å². The lowest BCUT2D eigenvalue weighted by molar-refractivity contribution is -0.143. The maximum Gasteiger partial charge on any atom is 0.322 e. The van der Waals surface area contributed by atoms with Crippen LogP contribution in [-0.2, 0) is 9.53 Å². The maximum absolute atomic E-state index is 11.4.